The molecule has 6 heteroatoms. The number of rotatable bonds is 2. The predicted octanol–water partition coefficient (Wildman–Crippen LogP) is 3.47. The van der Waals surface area contributed by atoms with E-state index in [1.165, 1.54) is 0 Å². The first-order valence-electron chi connectivity index (χ1n) is 8.82. The highest BCUT2D eigenvalue weighted by Gasteiger charge is 2.54. The number of hydrogen-bond acceptors (Lipinski definition) is 5. The van der Waals surface area contributed by atoms with Crippen molar-refractivity contribution in [3.63, 3.8) is 0 Å². The van der Waals surface area contributed by atoms with Gasteiger partial charge in [0, 0.05) is 36.0 Å². The van der Waals surface area contributed by atoms with Crippen molar-refractivity contribution in [1.29, 1.82) is 15.8 Å². The highest BCUT2D eigenvalue weighted by Crippen LogP contribution is 2.54. The van der Waals surface area contributed by atoms with Crippen LogP contribution in [-0.4, -0.2) is 24.0 Å². The van der Waals surface area contributed by atoms with Gasteiger partial charge in [0.2, 0.25) is 0 Å². The second kappa shape index (κ2) is 7.09. The summed E-state index contributed by atoms with van der Waals surface area (Å²) < 4.78 is 0. The number of nitrogens with zero attached hydrogens (tertiary/aromatic N) is 4. The molecule has 0 saturated heterocycles. The van der Waals surface area contributed by atoms with Crippen LogP contribution in [0.3, 0.4) is 0 Å². The van der Waals surface area contributed by atoms with E-state index in [0.717, 1.165) is 11.1 Å². The molecular formula is C21H20ClN5. The van der Waals surface area contributed by atoms with Crippen LogP contribution in [-0.2, 0) is 0 Å². The summed E-state index contributed by atoms with van der Waals surface area (Å²) in [6.07, 6.45) is 2.02. The summed E-state index contributed by atoms with van der Waals surface area (Å²) in [5, 5.41) is 30.3. The maximum atomic E-state index is 10.0. The van der Waals surface area contributed by atoms with Crippen LogP contribution in [0.5, 0.6) is 0 Å². The van der Waals surface area contributed by atoms with Crippen LogP contribution in [0.2, 0.25) is 5.02 Å². The standard InChI is InChI=1S/C21H20ClN5/c1-13(2)27-8-7-16-17(9-23)20(26)21(11-24,12-25)19(18(16)10-27)14-3-5-15(22)6-4-14/h3-7,13,18-19H,8,10,26H2,1-2H3/t18-,19-/m1/s1. The van der Waals surface area contributed by atoms with E-state index in [1.54, 1.807) is 12.1 Å². The minimum Gasteiger partial charge on any atom is -0.399 e. The summed E-state index contributed by atoms with van der Waals surface area (Å²) in [4.78, 5) is 2.27. The summed E-state index contributed by atoms with van der Waals surface area (Å²) in [6.45, 7) is 5.58. The van der Waals surface area contributed by atoms with Crippen molar-refractivity contribution in [3.8, 4) is 18.2 Å². The van der Waals surface area contributed by atoms with Crippen molar-refractivity contribution in [1.82, 2.24) is 4.90 Å². The van der Waals surface area contributed by atoms with Crippen LogP contribution in [0, 0.1) is 45.3 Å². The Balaban J connectivity index is 2.29. The Morgan fingerprint density at radius 2 is 1.81 bits per heavy atom. The Bertz CT molecular complexity index is 923. The Morgan fingerprint density at radius 1 is 1.19 bits per heavy atom. The summed E-state index contributed by atoms with van der Waals surface area (Å²) in [5.41, 5.74) is 6.67. The molecule has 0 spiro atoms. The van der Waals surface area contributed by atoms with Gasteiger partial charge in [0.15, 0.2) is 5.41 Å². The van der Waals surface area contributed by atoms with Gasteiger partial charge in [0.05, 0.1) is 23.4 Å². The second-order valence-electron chi connectivity index (χ2n) is 7.27. The Hall–Kier alpha value is -2.78. The molecule has 0 saturated carbocycles. The van der Waals surface area contributed by atoms with E-state index in [9.17, 15) is 15.8 Å². The molecule has 0 aromatic heterocycles. The molecule has 1 heterocycles. The van der Waals surface area contributed by atoms with Crippen LogP contribution in [0.4, 0.5) is 0 Å². The third-order valence-corrected chi connectivity index (χ3v) is 5.90. The zero-order valence-electron chi connectivity index (χ0n) is 15.3. The molecular weight excluding hydrogens is 358 g/mol. The fraction of sp³-hybridized carbons (Fsp3) is 0.381. The SMILES string of the molecule is CC(C)N1CC=C2C(C#N)=C(N)C(C#N)(C#N)[C@H](c3ccc(Cl)cc3)[C@@H]2C1. The smallest absolute Gasteiger partial charge is 0.191 e. The Morgan fingerprint density at radius 3 is 2.33 bits per heavy atom. The van der Waals surface area contributed by atoms with Crippen LogP contribution in [0.15, 0.2) is 47.2 Å². The Labute approximate surface area is 164 Å². The van der Waals surface area contributed by atoms with Gasteiger partial charge in [0.25, 0.3) is 0 Å². The molecule has 0 unspecified atom stereocenters. The molecule has 1 aromatic carbocycles. The maximum Gasteiger partial charge on any atom is 0.191 e. The lowest BCUT2D eigenvalue weighted by Gasteiger charge is -2.46. The molecule has 1 aliphatic heterocycles. The average molecular weight is 378 g/mol. The number of hydrogen-bond donors (Lipinski definition) is 1. The highest BCUT2D eigenvalue weighted by molar-refractivity contribution is 6.30. The highest BCUT2D eigenvalue weighted by atomic mass is 35.5. The van der Waals surface area contributed by atoms with E-state index < -0.39 is 11.3 Å². The molecule has 5 nitrogen and oxygen atoms in total. The minimum atomic E-state index is -1.60. The normalized spacial score (nSPS) is 24.4. The van der Waals surface area contributed by atoms with Gasteiger partial charge in [-0.2, -0.15) is 15.8 Å². The lowest BCUT2D eigenvalue weighted by atomic mass is 9.58. The van der Waals surface area contributed by atoms with E-state index in [0.29, 0.717) is 24.2 Å². The van der Waals surface area contributed by atoms with Crippen molar-refractivity contribution < 1.29 is 0 Å². The van der Waals surface area contributed by atoms with E-state index in [1.807, 2.05) is 18.2 Å². The number of halogens is 1. The summed E-state index contributed by atoms with van der Waals surface area (Å²) in [5.74, 6) is -0.654. The third kappa shape index (κ3) is 2.88. The molecule has 2 N–H and O–H groups in total. The molecule has 0 amide bonds. The van der Waals surface area contributed by atoms with Gasteiger partial charge in [-0.15, -0.1) is 0 Å². The van der Waals surface area contributed by atoms with Crippen molar-refractivity contribution >= 4 is 11.6 Å². The molecule has 1 aromatic rings. The first kappa shape index (κ1) is 19.0. The first-order valence-corrected chi connectivity index (χ1v) is 9.20. The predicted molar refractivity (Wildman–Crippen MR) is 103 cm³/mol. The molecule has 2 aliphatic rings. The second-order valence-corrected chi connectivity index (χ2v) is 7.71. The van der Waals surface area contributed by atoms with Gasteiger partial charge in [-0.05, 0) is 37.1 Å². The number of benzene rings is 1. The monoisotopic (exact) mass is 377 g/mol. The van der Waals surface area contributed by atoms with E-state index in [4.69, 9.17) is 17.3 Å². The molecule has 0 fully saturated rings. The zero-order valence-corrected chi connectivity index (χ0v) is 16.0. The van der Waals surface area contributed by atoms with E-state index in [-0.39, 0.29) is 17.2 Å². The number of fused-ring (bicyclic) bond motifs is 1. The number of nitriles is 3. The van der Waals surface area contributed by atoms with Crippen LogP contribution in [0.25, 0.3) is 0 Å². The molecule has 2 atom stereocenters. The quantitative estimate of drug-likeness (QED) is 0.850. The molecule has 0 bridgehead atoms. The largest absolute Gasteiger partial charge is 0.399 e. The maximum absolute atomic E-state index is 10.0. The van der Waals surface area contributed by atoms with Crippen molar-refractivity contribution in [2.45, 2.75) is 25.8 Å². The summed E-state index contributed by atoms with van der Waals surface area (Å²) >= 11 is 6.04. The van der Waals surface area contributed by atoms with E-state index in [2.05, 4.69) is 37.0 Å². The molecule has 27 heavy (non-hydrogen) atoms. The first-order chi connectivity index (χ1) is 12.9. The van der Waals surface area contributed by atoms with Crippen molar-refractivity contribution in [3.05, 3.63) is 57.8 Å². The zero-order chi connectivity index (χ0) is 19.8. The lowest BCUT2D eigenvalue weighted by molar-refractivity contribution is 0.174. The molecule has 1 aliphatic carbocycles. The van der Waals surface area contributed by atoms with Gasteiger partial charge in [-0.3, -0.25) is 4.90 Å². The van der Waals surface area contributed by atoms with Gasteiger partial charge in [0.1, 0.15) is 6.07 Å². The average Bonchev–Trinajstić information content (AvgIpc) is 2.67. The van der Waals surface area contributed by atoms with E-state index >= 15 is 0 Å². The van der Waals surface area contributed by atoms with Gasteiger partial charge < -0.3 is 5.73 Å². The van der Waals surface area contributed by atoms with Gasteiger partial charge in [-0.1, -0.05) is 29.8 Å². The van der Waals surface area contributed by atoms with Crippen molar-refractivity contribution in [2.24, 2.45) is 17.1 Å². The Kier molecular flexibility index (Phi) is 4.99. The minimum absolute atomic E-state index is 0.0513. The topological polar surface area (TPSA) is 101 Å². The number of nitrogens with two attached hydrogens (primary N) is 1. The van der Waals surface area contributed by atoms with Crippen molar-refractivity contribution in [2.75, 3.05) is 13.1 Å². The summed E-state index contributed by atoms with van der Waals surface area (Å²) in [7, 11) is 0. The summed E-state index contributed by atoms with van der Waals surface area (Å²) in [6, 6.07) is 13.9. The molecule has 0 radical (unpaired) electrons. The number of allylic oxidation sites excluding steroid dienone is 2. The lowest BCUT2D eigenvalue weighted by Crippen LogP contribution is -2.49. The third-order valence-electron chi connectivity index (χ3n) is 5.65. The van der Waals surface area contributed by atoms with Gasteiger partial charge >= 0.3 is 0 Å². The van der Waals surface area contributed by atoms with Crippen LogP contribution >= 0.6 is 11.6 Å². The van der Waals surface area contributed by atoms with Crippen LogP contribution in [0.1, 0.15) is 25.3 Å². The fourth-order valence-electron chi connectivity index (χ4n) is 4.17. The molecule has 136 valence electrons. The molecule has 3 rings (SSSR count). The van der Waals surface area contributed by atoms with Gasteiger partial charge in [-0.25, -0.2) is 0 Å². The van der Waals surface area contributed by atoms with Crippen LogP contribution < -0.4 is 5.73 Å². The fourth-order valence-corrected chi connectivity index (χ4v) is 4.30.